The first-order valence-electron chi connectivity index (χ1n) is 4.12. The van der Waals surface area contributed by atoms with Gasteiger partial charge >= 0.3 is 6.03 Å². The molecule has 1 aliphatic carbocycles. The first-order chi connectivity index (χ1) is 5.70. The minimum Gasteiger partial charge on any atom is -0.331 e. The molecule has 1 rings (SSSR count). The summed E-state index contributed by atoms with van der Waals surface area (Å²) in [6.45, 7) is 0. The Morgan fingerprint density at radius 3 is 2.33 bits per heavy atom. The van der Waals surface area contributed by atoms with Crippen LogP contribution in [0.4, 0.5) is 13.8 Å². The van der Waals surface area contributed by atoms with Gasteiger partial charge in [0.15, 0.2) is 0 Å². The molecule has 0 aliphatic heterocycles. The Bertz CT molecular complexity index is 157. The van der Waals surface area contributed by atoms with Crippen LogP contribution in [0.2, 0.25) is 0 Å². The fourth-order valence-electron chi connectivity index (χ4n) is 1.47. The number of rotatable bonds is 1. The molecule has 2 amide bonds. The summed E-state index contributed by atoms with van der Waals surface area (Å²) >= 11 is 0. The molecule has 0 heterocycles. The third kappa shape index (κ3) is 2.64. The van der Waals surface area contributed by atoms with Crippen LogP contribution in [0, 0.1) is 0 Å². The maximum Gasteiger partial charge on any atom is 0.376 e. The van der Waals surface area contributed by atoms with Crippen molar-refractivity contribution in [1.29, 1.82) is 0 Å². The van der Waals surface area contributed by atoms with Gasteiger partial charge in [0.05, 0.1) is 0 Å². The van der Waals surface area contributed by atoms with E-state index in [1.165, 1.54) is 0 Å². The summed E-state index contributed by atoms with van der Waals surface area (Å²) in [4.78, 5) is 10.5. The zero-order chi connectivity index (χ0) is 8.97. The van der Waals surface area contributed by atoms with Gasteiger partial charge in [0.1, 0.15) is 0 Å². The highest BCUT2D eigenvalue weighted by molar-refractivity contribution is 5.72. The second kappa shape index (κ2) is 4.23. The summed E-state index contributed by atoms with van der Waals surface area (Å²) in [5.74, 6) is 0. The Kier molecular flexibility index (Phi) is 3.25. The van der Waals surface area contributed by atoms with Crippen molar-refractivity contribution in [2.24, 2.45) is 0 Å². The van der Waals surface area contributed by atoms with Crippen LogP contribution in [-0.4, -0.2) is 17.4 Å². The van der Waals surface area contributed by atoms with Gasteiger partial charge in [0.25, 0.3) is 0 Å². The summed E-state index contributed by atoms with van der Waals surface area (Å²) in [5.41, 5.74) is 0. The van der Waals surface area contributed by atoms with Crippen molar-refractivity contribution in [3.8, 4) is 0 Å². The fraction of sp³-hybridized carbons (Fsp3) is 0.857. The van der Waals surface area contributed by atoms with Crippen LogP contribution in [0.1, 0.15) is 32.1 Å². The Labute approximate surface area is 69.6 Å². The van der Waals surface area contributed by atoms with Crippen molar-refractivity contribution in [2.75, 3.05) is 0 Å². The second-order valence-electron chi connectivity index (χ2n) is 3.02. The highest BCUT2D eigenvalue weighted by atomic mass is 19.4. The lowest BCUT2D eigenvalue weighted by Crippen LogP contribution is -2.39. The Morgan fingerprint density at radius 2 is 1.83 bits per heavy atom. The largest absolute Gasteiger partial charge is 0.376 e. The SMILES string of the molecule is O=C(NC1CCCCC1)N(F)F. The molecule has 1 fully saturated rings. The number of hydrogen-bond donors (Lipinski definition) is 1. The van der Waals surface area contributed by atoms with Crippen molar-refractivity contribution in [3.63, 3.8) is 0 Å². The summed E-state index contributed by atoms with van der Waals surface area (Å²) in [6, 6.07) is -1.35. The van der Waals surface area contributed by atoms with E-state index in [2.05, 4.69) is 5.32 Å². The maximum absolute atomic E-state index is 11.6. The Balaban J connectivity index is 2.24. The molecule has 0 bridgehead atoms. The van der Waals surface area contributed by atoms with Crippen molar-refractivity contribution in [3.05, 3.63) is 0 Å². The van der Waals surface area contributed by atoms with Crippen LogP contribution in [0.25, 0.3) is 0 Å². The number of carbonyl (C=O) groups excluding carboxylic acids is 1. The molecule has 1 saturated carbocycles. The first kappa shape index (κ1) is 9.22. The van der Waals surface area contributed by atoms with Crippen LogP contribution in [0.15, 0.2) is 0 Å². The smallest absolute Gasteiger partial charge is 0.331 e. The number of amides is 2. The summed E-state index contributed by atoms with van der Waals surface area (Å²) in [5, 5.41) is 0.847. The minimum atomic E-state index is -1.41. The van der Waals surface area contributed by atoms with Crippen molar-refractivity contribution >= 4 is 6.03 Å². The van der Waals surface area contributed by atoms with Crippen molar-refractivity contribution < 1.29 is 13.8 Å². The van der Waals surface area contributed by atoms with Crippen molar-refractivity contribution in [2.45, 2.75) is 38.1 Å². The summed E-state index contributed by atoms with van der Waals surface area (Å²) in [7, 11) is 0. The van der Waals surface area contributed by atoms with Crippen LogP contribution >= 0.6 is 0 Å². The zero-order valence-electron chi connectivity index (χ0n) is 6.72. The minimum absolute atomic E-state index is 0.0553. The highest BCUT2D eigenvalue weighted by Crippen LogP contribution is 2.17. The van der Waals surface area contributed by atoms with Gasteiger partial charge < -0.3 is 5.32 Å². The monoisotopic (exact) mass is 178 g/mol. The van der Waals surface area contributed by atoms with Gasteiger partial charge in [-0.2, -0.15) is 0 Å². The van der Waals surface area contributed by atoms with Gasteiger partial charge in [-0.25, -0.2) is 4.79 Å². The Morgan fingerprint density at radius 1 is 1.25 bits per heavy atom. The van der Waals surface area contributed by atoms with Crippen LogP contribution in [0.3, 0.4) is 0 Å². The van der Waals surface area contributed by atoms with Gasteiger partial charge in [-0.3, -0.25) is 0 Å². The molecule has 0 spiro atoms. The lowest BCUT2D eigenvalue weighted by Gasteiger charge is -2.22. The Hall–Kier alpha value is -0.870. The topological polar surface area (TPSA) is 32.3 Å². The number of carbonyl (C=O) groups is 1. The highest BCUT2D eigenvalue weighted by Gasteiger charge is 2.19. The number of nitrogens with one attached hydrogen (secondary N) is 1. The molecular weight excluding hydrogens is 166 g/mol. The summed E-state index contributed by atoms with van der Waals surface area (Å²) in [6.07, 6.45) is 4.81. The van der Waals surface area contributed by atoms with E-state index in [0.29, 0.717) is 0 Å². The van der Waals surface area contributed by atoms with E-state index in [0.717, 1.165) is 32.1 Å². The van der Waals surface area contributed by atoms with Crippen LogP contribution < -0.4 is 5.32 Å². The van der Waals surface area contributed by atoms with E-state index in [1.54, 1.807) is 0 Å². The van der Waals surface area contributed by atoms with Crippen LogP contribution in [0.5, 0.6) is 0 Å². The molecule has 12 heavy (non-hydrogen) atoms. The third-order valence-corrected chi connectivity index (χ3v) is 2.09. The maximum atomic E-state index is 11.6. The number of nitrogens with zero attached hydrogens (tertiary/aromatic N) is 1. The molecule has 70 valence electrons. The number of hydrogen-bond acceptors (Lipinski definition) is 1. The molecule has 0 aromatic rings. The molecule has 0 radical (unpaired) electrons. The predicted octanol–water partition coefficient (Wildman–Crippen LogP) is 2.10. The van der Waals surface area contributed by atoms with Gasteiger partial charge in [-0.05, 0) is 12.8 Å². The molecule has 0 atom stereocenters. The zero-order valence-corrected chi connectivity index (χ0v) is 6.72. The average molecular weight is 178 g/mol. The van der Waals surface area contributed by atoms with Gasteiger partial charge in [0.2, 0.25) is 0 Å². The molecule has 1 N–H and O–H groups in total. The quantitative estimate of drug-likeness (QED) is 0.613. The molecule has 0 aromatic heterocycles. The van der Waals surface area contributed by atoms with Crippen LogP contribution in [-0.2, 0) is 0 Å². The van der Waals surface area contributed by atoms with Gasteiger partial charge in [-0.1, -0.05) is 28.2 Å². The number of urea groups is 1. The second-order valence-corrected chi connectivity index (χ2v) is 3.02. The lowest BCUT2D eigenvalue weighted by molar-refractivity contribution is -0.1000. The van der Waals surface area contributed by atoms with Crippen molar-refractivity contribution in [1.82, 2.24) is 10.7 Å². The lowest BCUT2D eigenvalue weighted by atomic mass is 9.96. The van der Waals surface area contributed by atoms with E-state index in [-0.39, 0.29) is 6.04 Å². The third-order valence-electron chi connectivity index (χ3n) is 2.09. The fourth-order valence-corrected chi connectivity index (χ4v) is 1.47. The molecule has 3 nitrogen and oxygen atoms in total. The van der Waals surface area contributed by atoms with E-state index in [1.807, 2.05) is 0 Å². The normalized spacial score (nSPS) is 18.8. The first-order valence-corrected chi connectivity index (χ1v) is 4.12. The summed E-state index contributed by atoms with van der Waals surface area (Å²) < 4.78 is 23.2. The molecule has 5 heteroatoms. The van der Waals surface area contributed by atoms with E-state index < -0.39 is 11.4 Å². The standard InChI is InChI=1S/C7H12F2N2O/c8-11(9)7(12)10-6-4-2-1-3-5-6/h6H,1-5H2,(H,10,12). The van der Waals surface area contributed by atoms with E-state index >= 15 is 0 Å². The van der Waals surface area contributed by atoms with E-state index in [9.17, 15) is 13.8 Å². The molecule has 0 saturated heterocycles. The van der Waals surface area contributed by atoms with Gasteiger partial charge in [0, 0.05) is 11.4 Å². The van der Waals surface area contributed by atoms with Gasteiger partial charge in [-0.15, -0.1) is 0 Å². The molecule has 0 unspecified atom stereocenters. The predicted molar refractivity (Wildman–Crippen MR) is 39.5 cm³/mol. The van der Waals surface area contributed by atoms with E-state index in [4.69, 9.17) is 0 Å². The molecule has 1 aliphatic rings. The molecular formula is C7H12F2N2O. The molecule has 0 aromatic carbocycles. The number of halogens is 2. The average Bonchev–Trinajstić information content (AvgIpc) is 2.06.